The van der Waals surface area contributed by atoms with Gasteiger partial charge in [0.15, 0.2) is 5.76 Å². The molecule has 0 amide bonds. The Balaban J connectivity index is 1.63. The minimum atomic E-state index is -0.236. The van der Waals surface area contributed by atoms with Crippen molar-refractivity contribution >= 4 is 0 Å². The van der Waals surface area contributed by atoms with Crippen LogP contribution in [0.25, 0.3) is 11.3 Å². The van der Waals surface area contributed by atoms with Gasteiger partial charge in [0.1, 0.15) is 24.2 Å². The number of rotatable bonds is 5. The van der Waals surface area contributed by atoms with Gasteiger partial charge in [0.05, 0.1) is 0 Å². The molecule has 0 radical (unpaired) electrons. The Hall–Kier alpha value is -2.39. The standard InChI is InChI=1S/C19H18FNO/c1-14(15-5-3-2-4-6-15)21-13-18-11-12-19(22-18)16-7-9-17(20)10-8-16/h2-12,14,21H,13H2,1H3/p+1/t14-/m1/s1. The maximum Gasteiger partial charge on any atom is 0.158 e. The predicted molar refractivity (Wildman–Crippen MR) is 84.6 cm³/mol. The largest absolute Gasteiger partial charge is 0.455 e. The van der Waals surface area contributed by atoms with Crippen LogP contribution in [0.5, 0.6) is 0 Å². The van der Waals surface area contributed by atoms with Crippen LogP contribution in [-0.4, -0.2) is 0 Å². The van der Waals surface area contributed by atoms with E-state index in [1.807, 2.05) is 18.2 Å². The Morgan fingerprint density at radius 2 is 1.68 bits per heavy atom. The molecule has 22 heavy (non-hydrogen) atoms. The van der Waals surface area contributed by atoms with Gasteiger partial charge in [-0.2, -0.15) is 0 Å². The summed E-state index contributed by atoms with van der Waals surface area (Å²) >= 11 is 0. The molecule has 0 saturated heterocycles. The summed E-state index contributed by atoms with van der Waals surface area (Å²) in [5.41, 5.74) is 2.19. The molecule has 0 aliphatic carbocycles. The highest BCUT2D eigenvalue weighted by Gasteiger charge is 2.10. The van der Waals surface area contributed by atoms with E-state index in [1.54, 1.807) is 12.1 Å². The summed E-state index contributed by atoms with van der Waals surface area (Å²) in [6, 6.07) is 21.0. The molecule has 112 valence electrons. The summed E-state index contributed by atoms with van der Waals surface area (Å²) in [5, 5.41) is 2.24. The first-order valence-electron chi connectivity index (χ1n) is 7.45. The van der Waals surface area contributed by atoms with Gasteiger partial charge >= 0.3 is 0 Å². The summed E-state index contributed by atoms with van der Waals surface area (Å²) in [6.07, 6.45) is 0. The third-order valence-electron chi connectivity index (χ3n) is 3.79. The molecule has 1 atom stereocenters. The summed E-state index contributed by atoms with van der Waals surface area (Å²) in [4.78, 5) is 0. The fourth-order valence-corrected chi connectivity index (χ4v) is 2.44. The molecule has 0 aliphatic rings. The van der Waals surface area contributed by atoms with E-state index in [4.69, 9.17) is 4.42 Å². The molecule has 3 heteroatoms. The first-order chi connectivity index (χ1) is 10.7. The van der Waals surface area contributed by atoms with Gasteiger partial charge < -0.3 is 9.73 Å². The summed E-state index contributed by atoms with van der Waals surface area (Å²) in [6.45, 7) is 2.95. The van der Waals surface area contributed by atoms with E-state index in [2.05, 4.69) is 36.5 Å². The molecule has 0 unspecified atom stereocenters. The van der Waals surface area contributed by atoms with Crippen LogP contribution in [0.4, 0.5) is 4.39 Å². The van der Waals surface area contributed by atoms with Gasteiger partial charge in [-0.25, -0.2) is 4.39 Å². The number of hydrogen-bond acceptors (Lipinski definition) is 1. The second-order valence-corrected chi connectivity index (χ2v) is 5.41. The summed E-state index contributed by atoms with van der Waals surface area (Å²) in [7, 11) is 0. The number of furan rings is 1. The Labute approximate surface area is 129 Å². The van der Waals surface area contributed by atoms with Gasteiger partial charge in [0.25, 0.3) is 0 Å². The average Bonchev–Trinajstić information content (AvgIpc) is 3.03. The molecule has 1 aromatic heterocycles. The van der Waals surface area contributed by atoms with Crippen LogP contribution in [0.15, 0.2) is 71.1 Å². The Bertz CT molecular complexity index is 719. The second kappa shape index (κ2) is 6.58. The van der Waals surface area contributed by atoms with Crippen molar-refractivity contribution in [2.24, 2.45) is 0 Å². The monoisotopic (exact) mass is 296 g/mol. The normalized spacial score (nSPS) is 12.3. The van der Waals surface area contributed by atoms with Gasteiger partial charge in [0.2, 0.25) is 0 Å². The molecule has 3 aromatic rings. The zero-order valence-corrected chi connectivity index (χ0v) is 12.5. The van der Waals surface area contributed by atoms with Crippen LogP contribution in [0, 0.1) is 5.82 Å². The smallest absolute Gasteiger partial charge is 0.158 e. The predicted octanol–water partition coefficient (Wildman–Crippen LogP) is 3.91. The topological polar surface area (TPSA) is 29.8 Å². The molecule has 1 heterocycles. The van der Waals surface area contributed by atoms with Crippen molar-refractivity contribution in [3.8, 4) is 11.3 Å². The van der Waals surface area contributed by atoms with E-state index >= 15 is 0 Å². The van der Waals surface area contributed by atoms with Crippen molar-refractivity contribution in [1.29, 1.82) is 0 Å². The molecule has 2 N–H and O–H groups in total. The second-order valence-electron chi connectivity index (χ2n) is 5.41. The third kappa shape index (κ3) is 3.43. The van der Waals surface area contributed by atoms with Crippen molar-refractivity contribution in [2.45, 2.75) is 19.5 Å². The fraction of sp³-hybridized carbons (Fsp3) is 0.158. The number of nitrogens with two attached hydrogens (primary N) is 1. The zero-order chi connectivity index (χ0) is 15.4. The van der Waals surface area contributed by atoms with Crippen molar-refractivity contribution in [3.63, 3.8) is 0 Å². The third-order valence-corrected chi connectivity index (χ3v) is 3.79. The van der Waals surface area contributed by atoms with Gasteiger partial charge in [0, 0.05) is 11.1 Å². The maximum atomic E-state index is 12.9. The zero-order valence-electron chi connectivity index (χ0n) is 12.5. The minimum Gasteiger partial charge on any atom is -0.455 e. The van der Waals surface area contributed by atoms with Crippen molar-refractivity contribution in [2.75, 3.05) is 0 Å². The van der Waals surface area contributed by atoms with Crippen LogP contribution >= 0.6 is 0 Å². The van der Waals surface area contributed by atoms with Crippen LogP contribution in [0.1, 0.15) is 24.3 Å². The number of quaternary nitrogens is 1. The van der Waals surface area contributed by atoms with Crippen molar-refractivity contribution < 1.29 is 14.1 Å². The summed E-state index contributed by atoms with van der Waals surface area (Å²) in [5.74, 6) is 1.46. The SMILES string of the molecule is C[C@@H]([NH2+]Cc1ccc(-c2ccc(F)cc2)o1)c1ccccc1. The van der Waals surface area contributed by atoms with E-state index < -0.39 is 0 Å². The van der Waals surface area contributed by atoms with Crippen LogP contribution in [0.3, 0.4) is 0 Å². The molecule has 0 saturated carbocycles. The highest BCUT2D eigenvalue weighted by Crippen LogP contribution is 2.22. The number of hydrogen-bond donors (Lipinski definition) is 1. The lowest BCUT2D eigenvalue weighted by molar-refractivity contribution is -0.709. The van der Waals surface area contributed by atoms with Crippen molar-refractivity contribution in [1.82, 2.24) is 0 Å². The molecule has 0 bridgehead atoms. The minimum absolute atomic E-state index is 0.236. The Morgan fingerprint density at radius 1 is 0.955 bits per heavy atom. The van der Waals surface area contributed by atoms with Crippen molar-refractivity contribution in [3.05, 3.63) is 83.9 Å². The maximum absolute atomic E-state index is 12.9. The molecular formula is C19H19FNO+. The first-order valence-corrected chi connectivity index (χ1v) is 7.45. The molecule has 2 nitrogen and oxygen atoms in total. The molecule has 2 aromatic carbocycles. The lowest BCUT2D eigenvalue weighted by atomic mass is 10.1. The van der Waals surface area contributed by atoms with Gasteiger partial charge in [-0.3, -0.25) is 0 Å². The molecule has 0 fully saturated rings. The quantitative estimate of drug-likeness (QED) is 0.760. The van der Waals surface area contributed by atoms with Gasteiger partial charge in [-0.05, 0) is 43.3 Å². The Morgan fingerprint density at radius 3 is 2.41 bits per heavy atom. The van der Waals surface area contributed by atoms with E-state index in [0.29, 0.717) is 6.04 Å². The molecule has 0 spiro atoms. The van der Waals surface area contributed by atoms with Crippen LogP contribution in [-0.2, 0) is 6.54 Å². The van der Waals surface area contributed by atoms with Gasteiger partial charge in [-0.1, -0.05) is 30.3 Å². The number of halogens is 1. The lowest BCUT2D eigenvalue weighted by Crippen LogP contribution is -2.82. The molecule has 3 rings (SSSR count). The van der Waals surface area contributed by atoms with E-state index in [-0.39, 0.29) is 5.82 Å². The lowest BCUT2D eigenvalue weighted by Gasteiger charge is -2.09. The highest BCUT2D eigenvalue weighted by molar-refractivity contribution is 5.57. The van der Waals surface area contributed by atoms with E-state index in [9.17, 15) is 4.39 Å². The highest BCUT2D eigenvalue weighted by atomic mass is 19.1. The molecular weight excluding hydrogens is 277 g/mol. The van der Waals surface area contributed by atoms with Crippen LogP contribution in [0.2, 0.25) is 0 Å². The Kier molecular flexibility index (Phi) is 4.35. The average molecular weight is 296 g/mol. The van der Waals surface area contributed by atoms with E-state index in [1.165, 1.54) is 17.7 Å². The molecule has 0 aliphatic heterocycles. The fourth-order valence-electron chi connectivity index (χ4n) is 2.44. The van der Waals surface area contributed by atoms with E-state index in [0.717, 1.165) is 23.6 Å². The number of benzene rings is 2. The first kappa shape index (κ1) is 14.5. The van der Waals surface area contributed by atoms with Gasteiger partial charge in [-0.15, -0.1) is 0 Å². The van der Waals surface area contributed by atoms with Crippen LogP contribution < -0.4 is 5.32 Å². The summed E-state index contributed by atoms with van der Waals surface area (Å²) < 4.78 is 18.8.